The molecule has 21 heavy (non-hydrogen) atoms. The molecule has 0 saturated heterocycles. The molecule has 1 heterocycles. The largest absolute Gasteiger partial charge is 0.292 e. The molecule has 0 aliphatic heterocycles. The van der Waals surface area contributed by atoms with Crippen molar-refractivity contribution >= 4 is 51.9 Å². The molecule has 3 aromatic rings. The summed E-state index contributed by atoms with van der Waals surface area (Å²) in [4.78, 5) is 0.227. The summed E-state index contributed by atoms with van der Waals surface area (Å²) >= 11 is 1.03. The fourth-order valence-electron chi connectivity index (χ4n) is 1.74. The van der Waals surface area contributed by atoms with E-state index in [2.05, 4.69) is 3.77 Å². The van der Waals surface area contributed by atoms with Crippen molar-refractivity contribution < 1.29 is 8.42 Å². The highest BCUT2D eigenvalue weighted by Crippen LogP contribution is 2.26. The first-order valence-electron chi connectivity index (χ1n) is 6.08. The quantitative estimate of drug-likeness (QED) is 0.504. The fraction of sp³-hybridized carbons (Fsp3) is 0.0714. The van der Waals surface area contributed by atoms with Gasteiger partial charge in [-0.3, -0.25) is 0 Å². The van der Waals surface area contributed by atoms with E-state index >= 15 is 0 Å². The highest BCUT2D eigenvalue weighted by atomic mass is 32.9. The molecule has 0 spiro atoms. The molecule has 0 atom stereocenters. The Morgan fingerprint density at radius 3 is 2.48 bits per heavy atom. The van der Waals surface area contributed by atoms with E-state index in [-0.39, 0.29) is 4.90 Å². The van der Waals surface area contributed by atoms with Gasteiger partial charge in [0.2, 0.25) is 0 Å². The summed E-state index contributed by atoms with van der Waals surface area (Å²) in [5.41, 5.74) is 1.02. The van der Waals surface area contributed by atoms with Gasteiger partial charge in [-0.2, -0.15) is 8.42 Å². The van der Waals surface area contributed by atoms with Crippen LogP contribution >= 0.6 is 20.7 Å². The number of aryl methyl sites for hydroxylation is 1. The van der Waals surface area contributed by atoms with E-state index in [0.29, 0.717) is 0 Å². The highest BCUT2D eigenvalue weighted by molar-refractivity contribution is 7.94. The van der Waals surface area contributed by atoms with Crippen molar-refractivity contribution in [3.05, 3.63) is 57.9 Å². The maximum atomic E-state index is 12.2. The number of hydrogen-bond donors (Lipinski definition) is 0. The second-order valence-electron chi connectivity index (χ2n) is 4.40. The summed E-state index contributed by atoms with van der Waals surface area (Å²) in [6.45, 7) is 1.92. The fourth-order valence-corrected chi connectivity index (χ4v) is 6.63. The van der Waals surface area contributed by atoms with E-state index in [4.69, 9.17) is 0 Å². The van der Waals surface area contributed by atoms with E-state index in [0.717, 1.165) is 30.6 Å². The first kappa shape index (κ1) is 14.6. The van der Waals surface area contributed by atoms with Crippen LogP contribution in [0, 0.1) is 10.7 Å². The maximum absolute atomic E-state index is 12.2. The van der Waals surface area contributed by atoms with Crippen molar-refractivity contribution in [2.24, 2.45) is 3.77 Å². The minimum Gasteiger partial charge on any atom is -0.198 e. The lowest BCUT2D eigenvalue weighted by atomic mass is 10.2. The average Bonchev–Trinajstić information content (AvgIpc) is 2.89. The van der Waals surface area contributed by atoms with Gasteiger partial charge in [-0.1, -0.05) is 60.3 Å². The minimum absolute atomic E-state index is 0.227. The van der Waals surface area contributed by atoms with Gasteiger partial charge in [-0.15, -0.1) is 0 Å². The zero-order chi connectivity index (χ0) is 14.9. The molecule has 3 nitrogen and oxygen atoms in total. The zero-order valence-electron chi connectivity index (χ0n) is 11.0. The molecular weight excluding hydrogens is 342 g/mol. The van der Waals surface area contributed by atoms with Crippen molar-refractivity contribution in [1.82, 2.24) is 0 Å². The molecule has 0 amide bonds. The lowest BCUT2D eigenvalue weighted by Crippen LogP contribution is -1.95. The summed E-state index contributed by atoms with van der Waals surface area (Å²) in [6.07, 6.45) is 0. The SMILES string of the molecule is Cc1ccc(S(=O)(=O)N=S=c2ssc3ccccc23)cc1. The summed E-state index contributed by atoms with van der Waals surface area (Å²) in [7, 11) is -0.447. The monoisotopic (exact) mass is 353 g/mol. The highest BCUT2D eigenvalue weighted by Gasteiger charge is 2.11. The van der Waals surface area contributed by atoms with Crippen molar-refractivity contribution in [3.8, 4) is 0 Å². The van der Waals surface area contributed by atoms with Gasteiger partial charge in [0.05, 0.1) is 4.90 Å². The van der Waals surface area contributed by atoms with Crippen molar-refractivity contribution in [3.63, 3.8) is 0 Å². The van der Waals surface area contributed by atoms with Gasteiger partial charge in [-0.25, -0.2) is 0 Å². The first-order valence-corrected chi connectivity index (χ1v) is 10.4. The summed E-state index contributed by atoms with van der Waals surface area (Å²) in [5, 5.41) is 1.06. The van der Waals surface area contributed by atoms with Crippen LogP contribution in [-0.4, -0.2) is 8.42 Å². The number of nitrogens with zero attached hydrogens (tertiary/aromatic N) is 1. The van der Waals surface area contributed by atoms with Gasteiger partial charge in [0, 0.05) is 10.1 Å². The third-order valence-corrected chi connectivity index (χ3v) is 8.26. The molecule has 0 N–H and O–H groups in total. The average molecular weight is 354 g/mol. The molecule has 0 bridgehead atoms. The molecule has 0 saturated carbocycles. The Hall–Kier alpha value is -1.28. The van der Waals surface area contributed by atoms with Crippen molar-refractivity contribution in [2.75, 3.05) is 0 Å². The predicted octanol–water partition coefficient (Wildman–Crippen LogP) is 4.46. The van der Waals surface area contributed by atoms with Crippen molar-refractivity contribution in [2.45, 2.75) is 11.8 Å². The van der Waals surface area contributed by atoms with Gasteiger partial charge in [0.25, 0.3) is 10.0 Å². The summed E-state index contributed by atoms with van der Waals surface area (Å²) in [5.74, 6) is 0. The number of fused-ring (bicyclic) bond motifs is 1. The number of rotatable bonds is 2. The lowest BCUT2D eigenvalue weighted by molar-refractivity contribution is 0.598. The van der Waals surface area contributed by atoms with Crippen LogP contribution in [0.4, 0.5) is 0 Å². The number of sulfonamides is 1. The molecule has 0 fully saturated rings. The Labute approximate surface area is 133 Å². The van der Waals surface area contributed by atoms with E-state index in [1.807, 2.05) is 31.2 Å². The minimum atomic E-state index is -3.62. The first-order chi connectivity index (χ1) is 10.1. The zero-order valence-corrected chi connectivity index (χ0v) is 14.3. The molecular formula is C14H11NO2S4. The van der Waals surface area contributed by atoms with E-state index in [1.54, 1.807) is 44.9 Å². The maximum Gasteiger partial charge on any atom is 0.292 e. The molecule has 7 heteroatoms. The Balaban J connectivity index is 2.13. The Morgan fingerprint density at radius 2 is 1.71 bits per heavy atom. The van der Waals surface area contributed by atoms with E-state index in [9.17, 15) is 8.42 Å². The third-order valence-electron chi connectivity index (χ3n) is 2.85. The van der Waals surface area contributed by atoms with Crippen LogP contribution in [0.1, 0.15) is 5.56 Å². The molecule has 0 aliphatic rings. The Bertz CT molecular complexity index is 991. The number of hydrogen-bond acceptors (Lipinski definition) is 4. The molecule has 2 aromatic carbocycles. The Morgan fingerprint density at radius 1 is 1.00 bits per heavy atom. The molecule has 0 radical (unpaired) electrons. The van der Waals surface area contributed by atoms with Crippen LogP contribution < -0.4 is 0 Å². The predicted molar refractivity (Wildman–Crippen MR) is 91.1 cm³/mol. The van der Waals surface area contributed by atoms with Gasteiger partial charge < -0.3 is 0 Å². The van der Waals surface area contributed by atoms with E-state index in [1.165, 1.54) is 0 Å². The second kappa shape index (κ2) is 5.84. The van der Waals surface area contributed by atoms with Gasteiger partial charge in [-0.05, 0) is 36.3 Å². The smallest absolute Gasteiger partial charge is 0.198 e. The van der Waals surface area contributed by atoms with Crippen LogP contribution in [0.3, 0.4) is 0 Å². The topological polar surface area (TPSA) is 46.5 Å². The standard InChI is InChI=1S/C14H11NO2S4/c1-10-6-8-11(9-7-10)21(16,17)15-18-14-12-4-2-3-5-13(12)19-20-14/h2-9H,1H3. The molecule has 3 rings (SSSR count). The van der Waals surface area contributed by atoms with Gasteiger partial charge in [0.15, 0.2) is 0 Å². The van der Waals surface area contributed by atoms with Gasteiger partial charge >= 0.3 is 0 Å². The second-order valence-corrected chi connectivity index (χ2v) is 9.45. The lowest BCUT2D eigenvalue weighted by Gasteiger charge is -1.96. The van der Waals surface area contributed by atoms with Crippen molar-refractivity contribution in [1.29, 1.82) is 0 Å². The molecule has 1 aromatic heterocycles. The molecule has 0 unspecified atom stereocenters. The van der Waals surface area contributed by atoms with Crippen LogP contribution in [0.5, 0.6) is 0 Å². The van der Waals surface area contributed by atoms with Crippen LogP contribution in [0.25, 0.3) is 10.1 Å². The van der Waals surface area contributed by atoms with E-state index < -0.39 is 10.0 Å². The third kappa shape index (κ3) is 3.16. The molecule has 0 aliphatic carbocycles. The van der Waals surface area contributed by atoms with Crippen LogP contribution in [0.15, 0.2) is 57.2 Å². The normalized spacial score (nSPS) is 11.5. The Kier molecular flexibility index (Phi) is 4.08. The molecule has 108 valence electrons. The summed E-state index contributed by atoms with van der Waals surface area (Å²) in [6, 6.07) is 14.6. The van der Waals surface area contributed by atoms with Crippen LogP contribution in [-0.2, 0) is 21.2 Å². The van der Waals surface area contributed by atoms with Crippen LogP contribution in [0.2, 0.25) is 0 Å². The van der Waals surface area contributed by atoms with Gasteiger partial charge in [0.1, 0.15) is 3.82 Å². The number of benzene rings is 2. The summed E-state index contributed by atoms with van der Waals surface area (Å²) < 4.78 is 30.3.